The first kappa shape index (κ1) is 10.5. The van der Waals surface area contributed by atoms with Crippen LogP contribution in [0.25, 0.3) is 0 Å². The Bertz CT molecular complexity index is 517. The minimum Gasteiger partial charge on any atom is -0.306 e. The van der Waals surface area contributed by atoms with E-state index in [2.05, 4.69) is 37.8 Å². The monoisotopic (exact) mass is 297 g/mol. The van der Waals surface area contributed by atoms with Gasteiger partial charge in [0.25, 0.3) is 0 Å². The molecule has 2 aromatic rings. The van der Waals surface area contributed by atoms with Crippen molar-refractivity contribution in [2.75, 3.05) is 6.54 Å². The van der Waals surface area contributed by atoms with Crippen molar-refractivity contribution >= 4 is 27.3 Å². The first-order valence-electron chi connectivity index (χ1n) is 5.24. The highest BCUT2D eigenvalue weighted by atomic mass is 79.9. The van der Waals surface area contributed by atoms with Crippen LogP contribution in [0, 0.1) is 0 Å². The Kier molecular flexibility index (Phi) is 2.61. The van der Waals surface area contributed by atoms with Crippen molar-refractivity contribution in [1.29, 1.82) is 0 Å². The van der Waals surface area contributed by atoms with Crippen LogP contribution in [-0.4, -0.2) is 16.3 Å². The molecule has 1 aliphatic rings. The topological polar surface area (TPSA) is 29.9 Å². The Morgan fingerprint density at radius 3 is 3.19 bits per heavy atom. The molecule has 0 spiro atoms. The molecule has 1 N–H and O–H groups in total. The smallest absolute Gasteiger partial charge is 0.108 e. The van der Waals surface area contributed by atoms with Gasteiger partial charge in [0.1, 0.15) is 4.60 Å². The van der Waals surface area contributed by atoms with Crippen molar-refractivity contribution in [1.82, 2.24) is 15.1 Å². The lowest BCUT2D eigenvalue weighted by Crippen LogP contribution is -2.29. The molecule has 2 aromatic heterocycles. The maximum Gasteiger partial charge on any atom is 0.108 e. The Labute approximate surface area is 107 Å². The summed E-state index contributed by atoms with van der Waals surface area (Å²) >= 11 is 5.44. The van der Waals surface area contributed by atoms with E-state index in [1.165, 1.54) is 16.0 Å². The fraction of sp³-hybridized carbons (Fsp3) is 0.364. The largest absolute Gasteiger partial charge is 0.306 e. The van der Waals surface area contributed by atoms with Crippen molar-refractivity contribution < 1.29 is 0 Å². The SMILES string of the molecule is Cn1ncc(C2NCCc3sccc32)c1Br. The van der Waals surface area contributed by atoms with Crippen molar-refractivity contribution in [2.45, 2.75) is 12.5 Å². The summed E-state index contributed by atoms with van der Waals surface area (Å²) in [7, 11) is 1.95. The summed E-state index contributed by atoms with van der Waals surface area (Å²) in [5, 5.41) is 10.0. The van der Waals surface area contributed by atoms with E-state index in [0.29, 0.717) is 0 Å². The molecule has 1 unspecified atom stereocenters. The van der Waals surface area contributed by atoms with E-state index in [-0.39, 0.29) is 6.04 Å². The van der Waals surface area contributed by atoms with Crippen molar-refractivity contribution in [3.63, 3.8) is 0 Å². The summed E-state index contributed by atoms with van der Waals surface area (Å²) in [6, 6.07) is 2.51. The van der Waals surface area contributed by atoms with Gasteiger partial charge in [-0.3, -0.25) is 4.68 Å². The molecule has 3 heterocycles. The number of nitrogens with zero attached hydrogens (tertiary/aromatic N) is 2. The number of aromatic nitrogens is 2. The molecule has 84 valence electrons. The van der Waals surface area contributed by atoms with E-state index in [1.54, 1.807) is 0 Å². The summed E-state index contributed by atoms with van der Waals surface area (Å²) in [6.45, 7) is 1.04. The van der Waals surface area contributed by atoms with Crippen molar-refractivity contribution in [3.8, 4) is 0 Å². The molecule has 0 amide bonds. The van der Waals surface area contributed by atoms with Gasteiger partial charge in [0, 0.05) is 24.0 Å². The van der Waals surface area contributed by atoms with Gasteiger partial charge < -0.3 is 5.32 Å². The van der Waals surface area contributed by atoms with E-state index < -0.39 is 0 Å². The molecular weight excluding hydrogens is 286 g/mol. The summed E-state index contributed by atoms with van der Waals surface area (Å²) in [4.78, 5) is 1.50. The number of hydrogen-bond donors (Lipinski definition) is 1. The van der Waals surface area contributed by atoms with Crippen LogP contribution in [-0.2, 0) is 13.5 Å². The fourth-order valence-corrected chi connectivity index (χ4v) is 3.51. The van der Waals surface area contributed by atoms with Gasteiger partial charge in [-0.1, -0.05) is 0 Å². The lowest BCUT2D eigenvalue weighted by atomic mass is 9.98. The normalized spacial score (nSPS) is 19.8. The number of fused-ring (bicyclic) bond motifs is 1. The summed E-state index contributed by atoms with van der Waals surface area (Å²) in [5.41, 5.74) is 2.63. The maximum absolute atomic E-state index is 4.28. The van der Waals surface area contributed by atoms with Crippen LogP contribution < -0.4 is 5.32 Å². The predicted octanol–water partition coefficient (Wildman–Crippen LogP) is 2.48. The van der Waals surface area contributed by atoms with E-state index in [4.69, 9.17) is 0 Å². The van der Waals surface area contributed by atoms with E-state index >= 15 is 0 Å². The molecule has 3 rings (SSSR count). The number of aryl methyl sites for hydroxylation is 1. The summed E-state index contributed by atoms with van der Waals surface area (Å²) < 4.78 is 2.92. The first-order chi connectivity index (χ1) is 7.77. The zero-order valence-corrected chi connectivity index (χ0v) is 11.3. The average Bonchev–Trinajstić information content (AvgIpc) is 2.87. The molecule has 0 bridgehead atoms. The number of nitrogens with one attached hydrogen (secondary N) is 1. The van der Waals surface area contributed by atoms with Gasteiger partial charge in [-0.15, -0.1) is 11.3 Å². The van der Waals surface area contributed by atoms with E-state index in [0.717, 1.165) is 17.6 Å². The summed E-state index contributed by atoms with van der Waals surface area (Å²) in [6.07, 6.45) is 3.08. The molecule has 0 radical (unpaired) electrons. The lowest BCUT2D eigenvalue weighted by molar-refractivity contribution is 0.572. The number of halogens is 1. The molecule has 0 saturated carbocycles. The van der Waals surface area contributed by atoms with Crippen LogP contribution in [0.1, 0.15) is 22.0 Å². The zero-order valence-electron chi connectivity index (χ0n) is 8.90. The second-order valence-corrected chi connectivity index (χ2v) is 5.70. The van der Waals surface area contributed by atoms with Gasteiger partial charge in [-0.25, -0.2) is 0 Å². The van der Waals surface area contributed by atoms with Gasteiger partial charge in [0.2, 0.25) is 0 Å². The zero-order chi connectivity index (χ0) is 11.1. The average molecular weight is 298 g/mol. The van der Waals surface area contributed by atoms with E-state index in [9.17, 15) is 0 Å². The molecule has 3 nitrogen and oxygen atoms in total. The second kappa shape index (κ2) is 3.98. The summed E-state index contributed by atoms with van der Waals surface area (Å²) in [5.74, 6) is 0. The Hall–Kier alpha value is -0.650. The Balaban J connectivity index is 2.07. The highest BCUT2D eigenvalue weighted by Gasteiger charge is 2.25. The molecule has 0 aliphatic carbocycles. The molecule has 0 saturated heterocycles. The highest BCUT2D eigenvalue weighted by molar-refractivity contribution is 9.10. The minimum absolute atomic E-state index is 0.290. The van der Waals surface area contributed by atoms with Crippen molar-refractivity contribution in [3.05, 3.63) is 38.3 Å². The number of hydrogen-bond acceptors (Lipinski definition) is 3. The Morgan fingerprint density at radius 2 is 2.44 bits per heavy atom. The van der Waals surface area contributed by atoms with Crippen LogP contribution in [0.4, 0.5) is 0 Å². The predicted molar refractivity (Wildman–Crippen MR) is 68.8 cm³/mol. The van der Waals surface area contributed by atoms with Crippen LogP contribution in [0.15, 0.2) is 22.2 Å². The van der Waals surface area contributed by atoms with Crippen LogP contribution >= 0.6 is 27.3 Å². The quantitative estimate of drug-likeness (QED) is 0.876. The molecule has 1 aliphatic heterocycles. The Morgan fingerprint density at radius 1 is 1.56 bits per heavy atom. The van der Waals surface area contributed by atoms with Gasteiger partial charge in [-0.05, 0) is 39.4 Å². The standard InChI is InChI=1S/C11H12BrN3S/c1-15-11(12)8(6-14-15)10-7-3-5-16-9(7)2-4-13-10/h3,5-6,10,13H,2,4H2,1H3. The van der Waals surface area contributed by atoms with Gasteiger partial charge >= 0.3 is 0 Å². The van der Waals surface area contributed by atoms with Crippen LogP contribution in [0.3, 0.4) is 0 Å². The van der Waals surface area contributed by atoms with E-state index in [1.807, 2.05) is 29.3 Å². The molecule has 5 heteroatoms. The van der Waals surface area contributed by atoms with Gasteiger partial charge in [0.15, 0.2) is 0 Å². The molecule has 0 fully saturated rings. The molecular formula is C11H12BrN3S. The molecule has 0 aromatic carbocycles. The number of rotatable bonds is 1. The lowest BCUT2D eigenvalue weighted by Gasteiger charge is -2.23. The minimum atomic E-state index is 0.290. The van der Waals surface area contributed by atoms with Crippen molar-refractivity contribution in [2.24, 2.45) is 7.05 Å². The van der Waals surface area contributed by atoms with Gasteiger partial charge in [-0.2, -0.15) is 5.10 Å². The third-order valence-corrected chi connectivity index (χ3v) is 4.96. The fourth-order valence-electron chi connectivity index (χ4n) is 2.16. The number of thiophene rings is 1. The molecule has 1 atom stereocenters. The van der Waals surface area contributed by atoms with Crippen LogP contribution in [0.2, 0.25) is 0 Å². The highest BCUT2D eigenvalue weighted by Crippen LogP contribution is 2.34. The molecule has 16 heavy (non-hydrogen) atoms. The third-order valence-electron chi connectivity index (χ3n) is 2.99. The first-order valence-corrected chi connectivity index (χ1v) is 6.91. The maximum atomic E-state index is 4.28. The second-order valence-electron chi connectivity index (χ2n) is 3.95. The van der Waals surface area contributed by atoms with Crippen LogP contribution in [0.5, 0.6) is 0 Å². The van der Waals surface area contributed by atoms with Gasteiger partial charge in [0.05, 0.1) is 12.2 Å². The third kappa shape index (κ3) is 1.54.